The van der Waals surface area contributed by atoms with E-state index in [4.69, 9.17) is 8.83 Å². The lowest BCUT2D eigenvalue weighted by atomic mass is 9.95. The molecule has 3 aromatic rings. The van der Waals surface area contributed by atoms with Crippen molar-refractivity contribution in [1.29, 1.82) is 0 Å². The molecule has 32 heavy (non-hydrogen) atoms. The molecule has 0 bridgehead atoms. The van der Waals surface area contributed by atoms with Gasteiger partial charge >= 0.3 is 0 Å². The normalized spacial score (nSPS) is 14.7. The SMILES string of the molecule is CC1(C)CN(CC(=O)NCc2ccco2)c2ccccc2N1CC(=O)NCc1ccco1. The Morgan fingerprint density at radius 3 is 1.97 bits per heavy atom. The van der Waals surface area contributed by atoms with Crippen LogP contribution in [-0.2, 0) is 22.7 Å². The van der Waals surface area contributed by atoms with Crippen LogP contribution >= 0.6 is 0 Å². The standard InChI is InChI=1S/C24H28N4O4/c1-24(2)17-27(15-22(29)25-13-18-7-5-11-31-18)20-9-3-4-10-21(20)28(24)16-23(30)26-14-19-8-6-12-32-19/h3-12H,13-17H2,1-2H3,(H,25,29)(H,26,30). The molecule has 0 saturated carbocycles. The van der Waals surface area contributed by atoms with Crippen LogP contribution in [0.2, 0.25) is 0 Å². The summed E-state index contributed by atoms with van der Waals surface area (Å²) in [4.78, 5) is 29.4. The number of para-hydroxylation sites is 2. The van der Waals surface area contributed by atoms with Crippen LogP contribution in [0.25, 0.3) is 0 Å². The van der Waals surface area contributed by atoms with E-state index in [1.54, 1.807) is 24.7 Å². The molecular formula is C24H28N4O4. The predicted octanol–water partition coefficient (Wildman–Crippen LogP) is 2.91. The summed E-state index contributed by atoms with van der Waals surface area (Å²) in [6.07, 6.45) is 3.18. The van der Waals surface area contributed by atoms with E-state index in [1.165, 1.54) is 0 Å². The number of carbonyl (C=O) groups excluding carboxylic acids is 2. The molecule has 0 unspecified atom stereocenters. The van der Waals surface area contributed by atoms with Crippen molar-refractivity contribution >= 4 is 23.2 Å². The third-order valence-corrected chi connectivity index (χ3v) is 5.54. The highest BCUT2D eigenvalue weighted by molar-refractivity contribution is 5.88. The maximum atomic E-state index is 12.7. The Hall–Kier alpha value is -3.68. The van der Waals surface area contributed by atoms with Crippen LogP contribution in [-0.4, -0.2) is 37.0 Å². The van der Waals surface area contributed by atoms with E-state index in [2.05, 4.69) is 34.3 Å². The fourth-order valence-corrected chi connectivity index (χ4v) is 3.99. The van der Waals surface area contributed by atoms with Gasteiger partial charge < -0.3 is 29.3 Å². The molecule has 8 nitrogen and oxygen atoms in total. The summed E-state index contributed by atoms with van der Waals surface area (Å²) >= 11 is 0. The van der Waals surface area contributed by atoms with Gasteiger partial charge in [-0.05, 0) is 50.2 Å². The largest absolute Gasteiger partial charge is 0.467 e. The highest BCUT2D eigenvalue weighted by Gasteiger charge is 2.38. The monoisotopic (exact) mass is 436 g/mol. The molecule has 8 heteroatoms. The van der Waals surface area contributed by atoms with Gasteiger partial charge in [0.15, 0.2) is 0 Å². The van der Waals surface area contributed by atoms with E-state index in [1.807, 2.05) is 36.4 Å². The quantitative estimate of drug-likeness (QED) is 0.564. The number of carbonyl (C=O) groups is 2. The number of furan rings is 2. The van der Waals surface area contributed by atoms with E-state index in [9.17, 15) is 9.59 Å². The highest BCUT2D eigenvalue weighted by Crippen LogP contribution is 2.39. The van der Waals surface area contributed by atoms with Gasteiger partial charge in [-0.1, -0.05) is 12.1 Å². The topological polar surface area (TPSA) is 91.0 Å². The number of nitrogens with one attached hydrogen (secondary N) is 2. The number of hydrogen-bond donors (Lipinski definition) is 2. The fraction of sp³-hybridized carbons (Fsp3) is 0.333. The molecule has 168 valence electrons. The van der Waals surface area contributed by atoms with Gasteiger partial charge in [0.25, 0.3) is 0 Å². The smallest absolute Gasteiger partial charge is 0.239 e. The molecule has 1 aliphatic rings. The van der Waals surface area contributed by atoms with Gasteiger partial charge in [-0.25, -0.2) is 0 Å². The summed E-state index contributed by atoms with van der Waals surface area (Å²) < 4.78 is 10.6. The van der Waals surface area contributed by atoms with E-state index >= 15 is 0 Å². The summed E-state index contributed by atoms with van der Waals surface area (Å²) in [6, 6.07) is 15.1. The molecule has 0 fully saturated rings. The Morgan fingerprint density at radius 2 is 1.41 bits per heavy atom. The lowest BCUT2D eigenvalue weighted by molar-refractivity contribution is -0.121. The summed E-state index contributed by atoms with van der Waals surface area (Å²) in [7, 11) is 0. The Labute approximate surface area is 187 Å². The zero-order chi connectivity index (χ0) is 22.6. The third kappa shape index (κ3) is 4.96. The lowest BCUT2D eigenvalue weighted by Gasteiger charge is -2.49. The van der Waals surface area contributed by atoms with Gasteiger partial charge in [0.2, 0.25) is 11.8 Å². The third-order valence-electron chi connectivity index (χ3n) is 5.54. The summed E-state index contributed by atoms with van der Waals surface area (Å²) in [5, 5.41) is 5.82. The number of nitrogens with zero attached hydrogens (tertiary/aromatic N) is 2. The minimum Gasteiger partial charge on any atom is -0.467 e. The molecule has 2 N–H and O–H groups in total. The van der Waals surface area contributed by atoms with Crippen molar-refractivity contribution in [3.05, 3.63) is 72.6 Å². The van der Waals surface area contributed by atoms with Gasteiger partial charge in [-0.15, -0.1) is 0 Å². The van der Waals surface area contributed by atoms with Crippen molar-refractivity contribution in [1.82, 2.24) is 10.6 Å². The summed E-state index contributed by atoms with van der Waals surface area (Å²) in [5.74, 6) is 1.25. The van der Waals surface area contributed by atoms with E-state index in [0.717, 1.165) is 11.4 Å². The van der Waals surface area contributed by atoms with Gasteiger partial charge in [0.05, 0.1) is 55.6 Å². The zero-order valence-corrected chi connectivity index (χ0v) is 18.3. The van der Waals surface area contributed by atoms with Gasteiger partial charge in [-0.3, -0.25) is 9.59 Å². The zero-order valence-electron chi connectivity index (χ0n) is 18.3. The Bertz CT molecular complexity index is 1040. The minimum absolute atomic E-state index is 0.0864. The van der Waals surface area contributed by atoms with Crippen LogP contribution in [0.1, 0.15) is 25.4 Å². The van der Waals surface area contributed by atoms with E-state index < -0.39 is 0 Å². The average molecular weight is 437 g/mol. The maximum absolute atomic E-state index is 12.7. The first-order chi connectivity index (χ1) is 15.4. The van der Waals surface area contributed by atoms with Crippen LogP contribution in [0.3, 0.4) is 0 Å². The van der Waals surface area contributed by atoms with Crippen molar-refractivity contribution in [2.45, 2.75) is 32.5 Å². The fourth-order valence-electron chi connectivity index (χ4n) is 3.99. The first kappa shape index (κ1) is 21.5. The number of amides is 2. The number of hydrogen-bond acceptors (Lipinski definition) is 6. The summed E-state index contributed by atoms with van der Waals surface area (Å²) in [5.41, 5.74) is 1.49. The molecule has 0 saturated heterocycles. The lowest BCUT2D eigenvalue weighted by Crippen LogP contribution is -2.59. The molecule has 2 amide bonds. The second kappa shape index (κ2) is 9.21. The number of rotatable bonds is 8. The van der Waals surface area contributed by atoms with Crippen LogP contribution in [0.4, 0.5) is 11.4 Å². The maximum Gasteiger partial charge on any atom is 0.239 e. The van der Waals surface area contributed by atoms with Gasteiger partial charge in [0.1, 0.15) is 11.5 Å². The first-order valence-electron chi connectivity index (χ1n) is 10.6. The van der Waals surface area contributed by atoms with Gasteiger partial charge in [-0.2, -0.15) is 0 Å². The summed E-state index contributed by atoms with van der Waals surface area (Å²) in [6.45, 7) is 5.90. The van der Waals surface area contributed by atoms with Crippen molar-refractivity contribution < 1.29 is 18.4 Å². The van der Waals surface area contributed by atoms with E-state index in [-0.39, 0.29) is 30.4 Å². The Kier molecular flexibility index (Phi) is 6.20. The highest BCUT2D eigenvalue weighted by atomic mass is 16.3. The number of anilines is 2. The molecule has 0 aliphatic carbocycles. The van der Waals surface area contributed by atoms with Crippen LogP contribution < -0.4 is 20.4 Å². The molecule has 1 aliphatic heterocycles. The Morgan fingerprint density at radius 1 is 0.844 bits per heavy atom. The van der Waals surface area contributed by atoms with Crippen molar-refractivity contribution in [2.24, 2.45) is 0 Å². The van der Waals surface area contributed by atoms with Gasteiger partial charge in [0, 0.05) is 6.54 Å². The van der Waals surface area contributed by atoms with Crippen LogP contribution in [0, 0.1) is 0 Å². The molecule has 3 heterocycles. The van der Waals surface area contributed by atoms with Crippen LogP contribution in [0.5, 0.6) is 0 Å². The molecule has 1 aromatic carbocycles. The van der Waals surface area contributed by atoms with Crippen molar-refractivity contribution in [3.63, 3.8) is 0 Å². The molecule has 0 radical (unpaired) electrons. The van der Waals surface area contributed by atoms with E-state index in [0.29, 0.717) is 31.2 Å². The molecule has 2 aromatic heterocycles. The second-order valence-electron chi connectivity index (χ2n) is 8.46. The predicted molar refractivity (Wildman–Crippen MR) is 121 cm³/mol. The second-order valence-corrected chi connectivity index (χ2v) is 8.46. The van der Waals surface area contributed by atoms with Crippen molar-refractivity contribution in [3.8, 4) is 0 Å². The number of fused-ring (bicyclic) bond motifs is 1. The molecule has 0 spiro atoms. The van der Waals surface area contributed by atoms with Crippen molar-refractivity contribution in [2.75, 3.05) is 29.4 Å². The van der Waals surface area contributed by atoms with Crippen LogP contribution in [0.15, 0.2) is 69.9 Å². The minimum atomic E-state index is -0.363. The average Bonchev–Trinajstić information content (AvgIpc) is 3.47. The molecular weight excluding hydrogens is 408 g/mol. The number of benzene rings is 1. The molecule has 4 rings (SSSR count). The Balaban J connectivity index is 1.44. The first-order valence-corrected chi connectivity index (χ1v) is 10.6. The molecule has 0 atom stereocenters.